The van der Waals surface area contributed by atoms with E-state index >= 15 is 0 Å². The molecule has 0 aliphatic rings. The quantitative estimate of drug-likeness (QED) is 0.123. The third-order valence-electron chi connectivity index (χ3n) is 5.43. The van der Waals surface area contributed by atoms with Crippen LogP contribution in [0.5, 0.6) is 5.75 Å². The zero-order valence-electron chi connectivity index (χ0n) is 22.0. The SMILES string of the molecule is C=COC(=O)OCCN(CCOC(=O)OC=C)CCOc1ccc(C(=O)C(OC)(OC)c2ccccc2)cc1. The number of carbonyl (C=O) groups is 3. The van der Waals surface area contributed by atoms with Gasteiger partial charge < -0.3 is 33.2 Å². The second-order valence-electron chi connectivity index (χ2n) is 7.70. The van der Waals surface area contributed by atoms with E-state index in [1.54, 1.807) is 48.5 Å². The van der Waals surface area contributed by atoms with E-state index in [0.717, 1.165) is 12.5 Å². The molecule has 0 aromatic heterocycles. The van der Waals surface area contributed by atoms with Crippen molar-refractivity contribution in [3.8, 4) is 5.75 Å². The molecule has 0 aliphatic carbocycles. The monoisotopic (exact) mass is 543 g/mol. The number of hydrogen-bond donors (Lipinski definition) is 0. The Morgan fingerprint density at radius 2 is 1.28 bits per heavy atom. The standard InChI is InChI=1S/C28H33NO10/c1-5-35-26(31)38-20-17-29(18-21-39-27(32)36-6-2)16-19-37-24-14-12-22(13-15-24)25(30)28(33-3,34-4)23-10-8-7-9-11-23/h5-15H,1-2,16-21H2,3-4H3. The molecule has 0 unspecified atom stereocenters. The molecule has 39 heavy (non-hydrogen) atoms. The Bertz CT molecular complexity index is 1040. The van der Waals surface area contributed by atoms with Gasteiger partial charge in [0.1, 0.15) is 25.6 Å². The lowest BCUT2D eigenvalue weighted by molar-refractivity contribution is -0.176. The van der Waals surface area contributed by atoms with Crippen molar-refractivity contribution in [3.05, 3.63) is 91.4 Å². The number of hydrogen-bond acceptors (Lipinski definition) is 11. The van der Waals surface area contributed by atoms with Crippen molar-refractivity contribution in [2.75, 3.05) is 53.7 Å². The molecule has 2 aromatic rings. The molecule has 0 fully saturated rings. The van der Waals surface area contributed by atoms with Crippen LogP contribution in [0, 0.1) is 0 Å². The van der Waals surface area contributed by atoms with Crippen LogP contribution in [0.1, 0.15) is 15.9 Å². The van der Waals surface area contributed by atoms with Crippen LogP contribution in [0.3, 0.4) is 0 Å². The highest BCUT2D eigenvalue weighted by molar-refractivity contribution is 6.02. The first-order valence-corrected chi connectivity index (χ1v) is 11.9. The fourth-order valence-corrected chi connectivity index (χ4v) is 3.53. The largest absolute Gasteiger partial charge is 0.513 e. The fourth-order valence-electron chi connectivity index (χ4n) is 3.53. The van der Waals surface area contributed by atoms with Gasteiger partial charge in [0.2, 0.25) is 5.78 Å². The molecule has 0 radical (unpaired) electrons. The van der Waals surface area contributed by atoms with Crippen LogP contribution in [-0.4, -0.2) is 76.7 Å². The maximum atomic E-state index is 13.3. The second kappa shape index (κ2) is 16.6. The van der Waals surface area contributed by atoms with Crippen LogP contribution < -0.4 is 4.74 Å². The summed E-state index contributed by atoms with van der Waals surface area (Å²) < 4.78 is 35.8. The van der Waals surface area contributed by atoms with Crippen molar-refractivity contribution in [3.63, 3.8) is 0 Å². The minimum Gasteiger partial charge on any atom is -0.492 e. The van der Waals surface area contributed by atoms with Crippen LogP contribution in [0.2, 0.25) is 0 Å². The van der Waals surface area contributed by atoms with Crippen LogP contribution in [0.4, 0.5) is 9.59 Å². The van der Waals surface area contributed by atoms with E-state index in [0.29, 0.717) is 36.5 Å². The van der Waals surface area contributed by atoms with Crippen molar-refractivity contribution >= 4 is 18.1 Å². The third-order valence-corrected chi connectivity index (χ3v) is 5.43. The molecule has 0 aliphatic heterocycles. The number of ketones is 1. The average Bonchev–Trinajstić information content (AvgIpc) is 2.95. The topological polar surface area (TPSA) is 119 Å². The summed E-state index contributed by atoms with van der Waals surface area (Å²) in [6, 6.07) is 15.5. The summed E-state index contributed by atoms with van der Waals surface area (Å²) in [4.78, 5) is 37.9. The number of ether oxygens (including phenoxy) is 7. The summed E-state index contributed by atoms with van der Waals surface area (Å²) in [7, 11) is 2.83. The lowest BCUT2D eigenvalue weighted by atomic mass is 9.96. The van der Waals surface area contributed by atoms with E-state index in [9.17, 15) is 14.4 Å². The van der Waals surface area contributed by atoms with E-state index in [1.165, 1.54) is 14.2 Å². The third kappa shape index (κ3) is 9.56. The van der Waals surface area contributed by atoms with Gasteiger partial charge in [0, 0.05) is 45.0 Å². The predicted molar refractivity (Wildman–Crippen MR) is 140 cm³/mol. The molecule has 0 N–H and O–H groups in total. The van der Waals surface area contributed by atoms with Crippen LogP contribution in [0.25, 0.3) is 0 Å². The Balaban J connectivity index is 1.96. The van der Waals surface area contributed by atoms with Gasteiger partial charge in [-0.3, -0.25) is 9.69 Å². The van der Waals surface area contributed by atoms with Crippen LogP contribution >= 0.6 is 0 Å². The minimum absolute atomic E-state index is 0.0305. The van der Waals surface area contributed by atoms with Crippen molar-refractivity contribution in [1.82, 2.24) is 4.90 Å². The fraction of sp³-hybridized carbons (Fsp3) is 0.321. The normalized spacial score (nSPS) is 10.8. The summed E-state index contributed by atoms with van der Waals surface area (Å²) in [5.74, 6) is -1.41. The Labute approximate surface area is 227 Å². The van der Waals surface area contributed by atoms with Gasteiger partial charge in [-0.15, -0.1) is 0 Å². The predicted octanol–water partition coefficient (Wildman–Crippen LogP) is 4.29. The van der Waals surface area contributed by atoms with Gasteiger partial charge in [0.15, 0.2) is 0 Å². The highest BCUT2D eigenvalue weighted by Crippen LogP contribution is 2.31. The summed E-state index contributed by atoms with van der Waals surface area (Å²) in [6.07, 6.45) is 0.190. The molecule has 0 atom stereocenters. The van der Waals surface area contributed by atoms with Gasteiger partial charge in [0.05, 0.1) is 12.5 Å². The number of carbonyl (C=O) groups excluding carboxylic acids is 3. The first-order valence-electron chi connectivity index (χ1n) is 11.9. The Hall–Kier alpha value is -4.19. The number of Topliss-reactive ketones (excluding diaryl/α,β-unsaturated/α-hetero) is 1. The number of nitrogens with zero attached hydrogens (tertiary/aromatic N) is 1. The van der Waals surface area contributed by atoms with E-state index in [2.05, 4.69) is 22.6 Å². The van der Waals surface area contributed by atoms with Crippen molar-refractivity contribution in [1.29, 1.82) is 0 Å². The Morgan fingerprint density at radius 3 is 1.77 bits per heavy atom. The molecule has 2 aromatic carbocycles. The van der Waals surface area contributed by atoms with Gasteiger partial charge in [-0.1, -0.05) is 43.5 Å². The second-order valence-corrected chi connectivity index (χ2v) is 7.70. The molecular formula is C28H33NO10. The van der Waals surface area contributed by atoms with Gasteiger partial charge in [-0.05, 0) is 24.3 Å². The Kier molecular flexibility index (Phi) is 13.2. The lowest BCUT2D eigenvalue weighted by Crippen LogP contribution is -2.40. The molecule has 0 saturated carbocycles. The highest BCUT2D eigenvalue weighted by Gasteiger charge is 2.41. The van der Waals surface area contributed by atoms with E-state index < -0.39 is 18.1 Å². The van der Waals surface area contributed by atoms with E-state index in [-0.39, 0.29) is 25.6 Å². The van der Waals surface area contributed by atoms with Gasteiger partial charge >= 0.3 is 12.3 Å². The zero-order valence-corrected chi connectivity index (χ0v) is 22.0. The lowest BCUT2D eigenvalue weighted by Gasteiger charge is -2.29. The molecular weight excluding hydrogens is 510 g/mol. The molecule has 0 amide bonds. The Morgan fingerprint density at radius 1 is 0.769 bits per heavy atom. The summed E-state index contributed by atoms with van der Waals surface area (Å²) >= 11 is 0. The zero-order chi connectivity index (χ0) is 28.5. The molecule has 2 rings (SSSR count). The van der Waals surface area contributed by atoms with Crippen LogP contribution in [-0.2, 0) is 34.2 Å². The summed E-state index contributed by atoms with van der Waals surface area (Å²) in [5, 5.41) is 0. The summed E-state index contributed by atoms with van der Waals surface area (Å²) in [5.41, 5.74) is 0.951. The smallest absolute Gasteiger partial charge is 0.492 e. The molecule has 0 bridgehead atoms. The van der Waals surface area contributed by atoms with Crippen LogP contribution in [0.15, 0.2) is 80.3 Å². The first-order chi connectivity index (χ1) is 18.9. The van der Waals surface area contributed by atoms with Crippen molar-refractivity contribution in [2.45, 2.75) is 5.79 Å². The van der Waals surface area contributed by atoms with Gasteiger partial charge in [0.25, 0.3) is 5.79 Å². The average molecular weight is 544 g/mol. The first kappa shape index (κ1) is 31.0. The molecule has 11 nitrogen and oxygen atoms in total. The van der Waals surface area contributed by atoms with E-state index in [4.69, 9.17) is 23.7 Å². The number of rotatable bonds is 17. The molecule has 0 heterocycles. The molecule has 0 saturated heterocycles. The highest BCUT2D eigenvalue weighted by atomic mass is 16.7. The summed E-state index contributed by atoms with van der Waals surface area (Å²) in [6.45, 7) is 7.93. The number of benzene rings is 2. The van der Waals surface area contributed by atoms with E-state index in [1.807, 2.05) is 11.0 Å². The molecule has 0 spiro atoms. The van der Waals surface area contributed by atoms with Gasteiger partial charge in [-0.2, -0.15) is 0 Å². The van der Waals surface area contributed by atoms with Crippen molar-refractivity contribution in [2.24, 2.45) is 0 Å². The number of methoxy groups -OCH3 is 2. The molecule has 210 valence electrons. The van der Waals surface area contributed by atoms with Gasteiger partial charge in [-0.25, -0.2) is 9.59 Å². The minimum atomic E-state index is -1.58. The maximum Gasteiger partial charge on any atom is 0.513 e. The maximum absolute atomic E-state index is 13.3. The molecule has 11 heteroatoms. The van der Waals surface area contributed by atoms with Crippen molar-refractivity contribution < 1.29 is 47.5 Å².